The Bertz CT molecular complexity index is 759. The molecule has 6 nitrogen and oxygen atoms in total. The van der Waals surface area contributed by atoms with Crippen LogP contribution in [0.1, 0.15) is 34.1 Å². The standard InChI is InChI=1S/C15H15F3N4O2/c1-21-13(7-19-20-21)14(24)22-8-9(23)6-12(22)10-4-2-3-5-11(10)15(16,17)18/h2-5,7,9,12,23H,6,8H2,1H3. The van der Waals surface area contributed by atoms with Crippen molar-refractivity contribution in [2.75, 3.05) is 6.54 Å². The molecule has 1 N–H and O–H groups in total. The van der Waals surface area contributed by atoms with Crippen LogP contribution in [0.15, 0.2) is 30.5 Å². The molecule has 3 rings (SSSR count). The first-order valence-electron chi connectivity index (χ1n) is 7.29. The summed E-state index contributed by atoms with van der Waals surface area (Å²) < 4.78 is 41.1. The van der Waals surface area contributed by atoms with Crippen molar-refractivity contribution in [2.24, 2.45) is 7.05 Å². The van der Waals surface area contributed by atoms with Crippen LogP contribution < -0.4 is 0 Å². The van der Waals surface area contributed by atoms with Crippen LogP contribution in [0.2, 0.25) is 0 Å². The lowest BCUT2D eigenvalue weighted by atomic mass is 9.97. The number of rotatable bonds is 2. The van der Waals surface area contributed by atoms with Gasteiger partial charge in [0.15, 0.2) is 0 Å². The van der Waals surface area contributed by atoms with Gasteiger partial charge in [-0.1, -0.05) is 23.4 Å². The van der Waals surface area contributed by atoms with E-state index < -0.39 is 29.8 Å². The second-order valence-electron chi connectivity index (χ2n) is 5.69. The number of alkyl halides is 3. The molecule has 1 aromatic heterocycles. The first-order chi connectivity index (χ1) is 11.3. The summed E-state index contributed by atoms with van der Waals surface area (Å²) in [5, 5.41) is 17.2. The lowest BCUT2D eigenvalue weighted by Crippen LogP contribution is -2.33. The number of aryl methyl sites for hydroxylation is 1. The molecule has 128 valence electrons. The van der Waals surface area contributed by atoms with E-state index in [9.17, 15) is 23.1 Å². The van der Waals surface area contributed by atoms with E-state index in [0.29, 0.717) is 0 Å². The van der Waals surface area contributed by atoms with E-state index in [1.165, 1.54) is 41.0 Å². The fourth-order valence-corrected chi connectivity index (χ4v) is 3.01. The minimum Gasteiger partial charge on any atom is -0.391 e. The molecule has 2 aromatic rings. The SMILES string of the molecule is Cn1nncc1C(=O)N1CC(O)CC1c1ccccc1C(F)(F)F. The number of aliphatic hydroxyl groups excluding tert-OH is 1. The summed E-state index contributed by atoms with van der Waals surface area (Å²) in [6, 6.07) is 4.25. The normalized spacial score (nSPS) is 21.3. The number of nitrogens with zero attached hydrogens (tertiary/aromatic N) is 4. The third-order valence-electron chi connectivity index (χ3n) is 4.10. The van der Waals surface area contributed by atoms with Crippen molar-refractivity contribution >= 4 is 5.91 Å². The van der Waals surface area contributed by atoms with E-state index in [4.69, 9.17) is 0 Å². The average Bonchev–Trinajstić information content (AvgIpc) is 3.11. The Hall–Kier alpha value is -2.42. The maximum atomic E-state index is 13.3. The molecule has 1 amide bonds. The number of hydrogen-bond donors (Lipinski definition) is 1. The summed E-state index contributed by atoms with van der Waals surface area (Å²) in [7, 11) is 1.52. The van der Waals surface area contributed by atoms with Crippen LogP contribution >= 0.6 is 0 Å². The van der Waals surface area contributed by atoms with Gasteiger partial charge in [-0.3, -0.25) is 4.79 Å². The highest BCUT2D eigenvalue weighted by Gasteiger charge is 2.42. The van der Waals surface area contributed by atoms with Crippen molar-refractivity contribution in [2.45, 2.75) is 24.7 Å². The molecule has 1 saturated heterocycles. The molecule has 2 heterocycles. The Kier molecular flexibility index (Phi) is 4.04. The maximum Gasteiger partial charge on any atom is 0.416 e. The number of aliphatic hydroxyl groups is 1. The van der Waals surface area contributed by atoms with Gasteiger partial charge < -0.3 is 10.0 Å². The van der Waals surface area contributed by atoms with Crippen LogP contribution in [0.3, 0.4) is 0 Å². The number of carbonyl (C=O) groups excluding carboxylic acids is 1. The van der Waals surface area contributed by atoms with Gasteiger partial charge in [-0.05, 0) is 18.1 Å². The zero-order valence-corrected chi connectivity index (χ0v) is 12.7. The second kappa shape index (κ2) is 5.90. The third kappa shape index (κ3) is 2.86. The van der Waals surface area contributed by atoms with Crippen molar-refractivity contribution in [3.05, 3.63) is 47.3 Å². The van der Waals surface area contributed by atoms with Gasteiger partial charge in [0, 0.05) is 13.6 Å². The van der Waals surface area contributed by atoms with Gasteiger partial charge in [-0.2, -0.15) is 13.2 Å². The molecule has 0 saturated carbocycles. The summed E-state index contributed by atoms with van der Waals surface area (Å²) >= 11 is 0. The molecule has 1 aromatic carbocycles. The fourth-order valence-electron chi connectivity index (χ4n) is 3.01. The Balaban J connectivity index is 2.01. The molecule has 0 radical (unpaired) electrons. The van der Waals surface area contributed by atoms with Crippen molar-refractivity contribution in [3.8, 4) is 0 Å². The van der Waals surface area contributed by atoms with Crippen molar-refractivity contribution in [1.82, 2.24) is 19.9 Å². The molecule has 24 heavy (non-hydrogen) atoms. The summed E-state index contributed by atoms with van der Waals surface area (Å²) in [4.78, 5) is 13.9. The van der Waals surface area contributed by atoms with E-state index >= 15 is 0 Å². The van der Waals surface area contributed by atoms with Gasteiger partial charge >= 0.3 is 6.18 Å². The number of benzene rings is 1. The minimum absolute atomic E-state index is 0.0231. The Labute approximate surface area is 135 Å². The van der Waals surface area contributed by atoms with Crippen LogP contribution in [0.25, 0.3) is 0 Å². The number of amides is 1. The molecule has 9 heteroatoms. The summed E-state index contributed by atoms with van der Waals surface area (Å²) in [5.74, 6) is -0.513. The number of halogens is 3. The molecule has 1 aliphatic heterocycles. The molecule has 0 spiro atoms. The zero-order chi connectivity index (χ0) is 17.5. The average molecular weight is 340 g/mol. The van der Waals surface area contributed by atoms with Crippen LogP contribution in [-0.4, -0.2) is 43.6 Å². The molecule has 1 fully saturated rings. The quantitative estimate of drug-likeness (QED) is 0.905. The molecule has 1 aliphatic rings. The van der Waals surface area contributed by atoms with Gasteiger partial charge in [-0.25, -0.2) is 4.68 Å². The topological polar surface area (TPSA) is 71.2 Å². The van der Waals surface area contributed by atoms with Gasteiger partial charge in [0.25, 0.3) is 5.91 Å². The highest BCUT2D eigenvalue weighted by atomic mass is 19.4. The Morgan fingerprint density at radius 3 is 2.67 bits per heavy atom. The van der Waals surface area contributed by atoms with Gasteiger partial charge in [0.2, 0.25) is 0 Å². The monoisotopic (exact) mass is 340 g/mol. The number of likely N-dealkylation sites (tertiary alicyclic amines) is 1. The van der Waals surface area contributed by atoms with Gasteiger partial charge in [0.1, 0.15) is 5.69 Å². The highest BCUT2D eigenvalue weighted by molar-refractivity contribution is 5.92. The first kappa shape index (κ1) is 16.4. The van der Waals surface area contributed by atoms with Gasteiger partial charge in [0.05, 0.1) is 23.9 Å². The van der Waals surface area contributed by atoms with E-state index in [0.717, 1.165) is 6.07 Å². The highest BCUT2D eigenvalue weighted by Crippen LogP contribution is 2.40. The predicted molar refractivity (Wildman–Crippen MR) is 76.8 cm³/mol. The number of β-amino-alcohol motifs (C(OH)–C–C–N with tert-alkyl or cyclic N) is 1. The Morgan fingerprint density at radius 2 is 2.04 bits per heavy atom. The molecule has 2 unspecified atom stereocenters. The maximum absolute atomic E-state index is 13.3. The van der Waals surface area contributed by atoms with Crippen LogP contribution in [0.4, 0.5) is 13.2 Å². The number of aromatic nitrogens is 3. The van der Waals surface area contributed by atoms with Crippen LogP contribution in [-0.2, 0) is 13.2 Å². The third-order valence-corrected chi connectivity index (χ3v) is 4.10. The van der Waals surface area contributed by atoms with Crippen molar-refractivity contribution in [1.29, 1.82) is 0 Å². The summed E-state index contributed by atoms with van der Waals surface area (Å²) in [6.07, 6.45) is -4.13. The lowest BCUT2D eigenvalue weighted by molar-refractivity contribution is -0.138. The van der Waals surface area contributed by atoms with E-state index in [-0.39, 0.29) is 24.2 Å². The zero-order valence-electron chi connectivity index (χ0n) is 12.7. The molecular formula is C15H15F3N4O2. The van der Waals surface area contributed by atoms with E-state index in [1.54, 1.807) is 0 Å². The predicted octanol–water partition coefficient (Wildman–Crippen LogP) is 1.78. The minimum atomic E-state index is -4.53. The van der Waals surface area contributed by atoms with Gasteiger partial charge in [-0.15, -0.1) is 5.10 Å². The number of carbonyl (C=O) groups is 1. The second-order valence-corrected chi connectivity index (χ2v) is 5.69. The molecular weight excluding hydrogens is 325 g/mol. The lowest BCUT2D eigenvalue weighted by Gasteiger charge is -2.26. The van der Waals surface area contributed by atoms with E-state index in [2.05, 4.69) is 10.3 Å². The molecule has 0 aliphatic carbocycles. The van der Waals surface area contributed by atoms with Crippen molar-refractivity contribution < 1.29 is 23.1 Å². The largest absolute Gasteiger partial charge is 0.416 e. The first-order valence-corrected chi connectivity index (χ1v) is 7.29. The van der Waals surface area contributed by atoms with Crippen LogP contribution in [0.5, 0.6) is 0 Å². The fraction of sp³-hybridized carbons (Fsp3) is 0.400. The molecule has 0 bridgehead atoms. The van der Waals surface area contributed by atoms with E-state index in [1.807, 2.05) is 0 Å². The smallest absolute Gasteiger partial charge is 0.391 e. The van der Waals surface area contributed by atoms with Crippen molar-refractivity contribution in [3.63, 3.8) is 0 Å². The summed E-state index contributed by atoms with van der Waals surface area (Å²) in [5.41, 5.74) is -0.673. The van der Waals surface area contributed by atoms with Crippen LogP contribution in [0, 0.1) is 0 Å². The number of hydrogen-bond acceptors (Lipinski definition) is 4. The Morgan fingerprint density at radius 1 is 1.33 bits per heavy atom. The molecule has 2 atom stereocenters. The summed E-state index contributed by atoms with van der Waals surface area (Å²) in [6.45, 7) is -0.0408.